The molecule has 0 saturated carbocycles. The zero-order chi connectivity index (χ0) is 17.6. The Kier molecular flexibility index (Phi) is 5.33. The summed E-state index contributed by atoms with van der Waals surface area (Å²) in [5.41, 5.74) is 4.45. The van der Waals surface area contributed by atoms with Gasteiger partial charge in [-0.3, -0.25) is 4.79 Å². The first-order valence-corrected chi connectivity index (χ1v) is 8.51. The van der Waals surface area contributed by atoms with Gasteiger partial charge in [0.15, 0.2) is 0 Å². The lowest BCUT2D eigenvalue weighted by Gasteiger charge is -2.12. The van der Waals surface area contributed by atoms with E-state index in [9.17, 15) is 4.79 Å². The summed E-state index contributed by atoms with van der Waals surface area (Å²) in [6.45, 7) is 6.03. The number of rotatable bonds is 8. The first-order valence-electron chi connectivity index (χ1n) is 8.51. The van der Waals surface area contributed by atoms with Gasteiger partial charge in [-0.1, -0.05) is 24.3 Å². The average Bonchev–Trinajstić information content (AvgIpc) is 2.98. The van der Waals surface area contributed by atoms with E-state index >= 15 is 0 Å². The van der Waals surface area contributed by atoms with Crippen LogP contribution in [0.5, 0.6) is 5.75 Å². The summed E-state index contributed by atoms with van der Waals surface area (Å²) in [5, 5.41) is 2.70. The second-order valence-corrected chi connectivity index (χ2v) is 6.07. The summed E-state index contributed by atoms with van der Waals surface area (Å²) in [5.74, 6) is 1.80. The van der Waals surface area contributed by atoms with Crippen LogP contribution in [-0.4, -0.2) is 22.6 Å². The van der Waals surface area contributed by atoms with E-state index in [1.807, 2.05) is 30.3 Å². The van der Waals surface area contributed by atoms with Gasteiger partial charge in [-0.25, -0.2) is 4.98 Å². The highest BCUT2D eigenvalue weighted by atomic mass is 16.5. The molecule has 0 bridgehead atoms. The fourth-order valence-electron chi connectivity index (χ4n) is 2.93. The monoisotopic (exact) mass is 337 g/mol. The van der Waals surface area contributed by atoms with E-state index in [4.69, 9.17) is 4.74 Å². The van der Waals surface area contributed by atoms with E-state index < -0.39 is 0 Å². The molecule has 1 aromatic heterocycles. The van der Waals surface area contributed by atoms with E-state index in [0.717, 1.165) is 35.6 Å². The van der Waals surface area contributed by atoms with Crippen LogP contribution in [0.3, 0.4) is 0 Å². The molecule has 5 nitrogen and oxygen atoms in total. The summed E-state index contributed by atoms with van der Waals surface area (Å²) in [6.07, 6.45) is 1.56. The molecule has 0 spiro atoms. The molecule has 0 saturated heterocycles. The summed E-state index contributed by atoms with van der Waals surface area (Å²) < 4.78 is 8.09. The molecular formula is C20H23N3O2. The predicted octanol–water partition coefficient (Wildman–Crippen LogP) is 3.37. The fraction of sp³-hybridized carbons (Fsp3) is 0.300. The molecule has 5 heteroatoms. The van der Waals surface area contributed by atoms with Gasteiger partial charge in [0.1, 0.15) is 11.6 Å². The molecule has 0 unspecified atom stereocenters. The van der Waals surface area contributed by atoms with Crippen molar-refractivity contribution in [3.05, 3.63) is 59.4 Å². The maximum Gasteiger partial charge on any atom is 0.207 e. The number of imidazole rings is 1. The number of fused-ring (bicyclic) bond motifs is 1. The molecule has 0 fully saturated rings. The van der Waals surface area contributed by atoms with Crippen molar-refractivity contribution in [2.75, 3.05) is 6.61 Å². The quantitative estimate of drug-likeness (QED) is 0.506. The summed E-state index contributed by atoms with van der Waals surface area (Å²) >= 11 is 0. The second kappa shape index (κ2) is 7.83. The summed E-state index contributed by atoms with van der Waals surface area (Å²) in [7, 11) is 0. The number of carbonyl (C=O) groups excluding carboxylic acids is 1. The smallest absolute Gasteiger partial charge is 0.207 e. The van der Waals surface area contributed by atoms with E-state index in [1.54, 1.807) is 0 Å². The van der Waals surface area contributed by atoms with E-state index in [1.165, 1.54) is 11.1 Å². The van der Waals surface area contributed by atoms with Crippen LogP contribution in [0.2, 0.25) is 0 Å². The number of carbonyl (C=O) groups is 1. The number of aromatic nitrogens is 2. The Morgan fingerprint density at radius 1 is 1.16 bits per heavy atom. The van der Waals surface area contributed by atoms with Crippen LogP contribution in [0.15, 0.2) is 42.5 Å². The lowest BCUT2D eigenvalue weighted by atomic mass is 10.1. The Morgan fingerprint density at radius 2 is 2.00 bits per heavy atom. The van der Waals surface area contributed by atoms with Crippen molar-refractivity contribution < 1.29 is 9.53 Å². The number of nitrogens with zero attached hydrogens (tertiary/aromatic N) is 2. The van der Waals surface area contributed by atoms with Gasteiger partial charge in [0.2, 0.25) is 6.41 Å². The molecule has 0 aliphatic rings. The molecule has 0 aliphatic heterocycles. The number of amides is 1. The molecule has 1 heterocycles. The van der Waals surface area contributed by atoms with Crippen molar-refractivity contribution in [3.8, 4) is 5.75 Å². The third kappa shape index (κ3) is 3.82. The highest BCUT2D eigenvalue weighted by Gasteiger charge is 2.10. The topological polar surface area (TPSA) is 56.1 Å². The lowest BCUT2D eigenvalue weighted by molar-refractivity contribution is -0.109. The first kappa shape index (κ1) is 17.0. The third-order valence-electron chi connectivity index (χ3n) is 4.42. The van der Waals surface area contributed by atoms with Gasteiger partial charge in [0, 0.05) is 6.54 Å². The Labute approximate surface area is 147 Å². The van der Waals surface area contributed by atoms with Gasteiger partial charge >= 0.3 is 0 Å². The number of benzene rings is 2. The van der Waals surface area contributed by atoms with Crippen LogP contribution >= 0.6 is 0 Å². The molecule has 1 N–H and O–H groups in total. The van der Waals surface area contributed by atoms with Crippen molar-refractivity contribution in [1.82, 2.24) is 14.9 Å². The van der Waals surface area contributed by atoms with E-state index in [-0.39, 0.29) is 0 Å². The normalized spacial score (nSPS) is 10.8. The molecule has 0 aliphatic carbocycles. The minimum absolute atomic E-state index is 0.427. The average molecular weight is 337 g/mol. The van der Waals surface area contributed by atoms with Gasteiger partial charge in [-0.05, 0) is 49.6 Å². The van der Waals surface area contributed by atoms with Crippen LogP contribution < -0.4 is 10.1 Å². The minimum Gasteiger partial charge on any atom is -0.493 e. The van der Waals surface area contributed by atoms with Crippen molar-refractivity contribution in [2.24, 2.45) is 0 Å². The fourth-order valence-corrected chi connectivity index (χ4v) is 2.93. The molecule has 2 aromatic carbocycles. The Morgan fingerprint density at radius 3 is 2.84 bits per heavy atom. The standard InChI is InChI=1S/C20H23N3O2/c1-15-7-5-10-19(16(15)2)25-12-6-11-23-18-9-4-3-8-17(18)22-20(23)13-21-14-24/h3-5,7-10,14H,6,11-13H2,1-2H3,(H,21,24). The van der Waals surface area contributed by atoms with Crippen LogP contribution in [0.4, 0.5) is 0 Å². The number of aryl methyl sites for hydroxylation is 2. The minimum atomic E-state index is 0.427. The molecule has 130 valence electrons. The van der Waals surface area contributed by atoms with Crippen molar-refractivity contribution >= 4 is 17.4 Å². The maximum absolute atomic E-state index is 10.6. The van der Waals surface area contributed by atoms with Gasteiger partial charge in [0.25, 0.3) is 0 Å². The van der Waals surface area contributed by atoms with Crippen LogP contribution in [0.25, 0.3) is 11.0 Å². The Bertz CT molecular complexity index is 871. The van der Waals surface area contributed by atoms with Crippen LogP contribution in [0, 0.1) is 13.8 Å². The van der Waals surface area contributed by atoms with Crippen molar-refractivity contribution in [2.45, 2.75) is 33.4 Å². The number of nitrogens with one attached hydrogen (secondary N) is 1. The van der Waals surface area contributed by atoms with E-state index in [0.29, 0.717) is 19.6 Å². The second-order valence-electron chi connectivity index (χ2n) is 6.07. The molecular weight excluding hydrogens is 314 g/mol. The molecule has 0 radical (unpaired) electrons. The molecule has 3 rings (SSSR count). The van der Waals surface area contributed by atoms with Crippen LogP contribution in [-0.2, 0) is 17.9 Å². The maximum atomic E-state index is 10.6. The lowest BCUT2D eigenvalue weighted by Crippen LogP contribution is -2.16. The molecule has 1 amide bonds. The van der Waals surface area contributed by atoms with Gasteiger partial charge in [0.05, 0.1) is 24.2 Å². The predicted molar refractivity (Wildman–Crippen MR) is 98.7 cm³/mol. The Hall–Kier alpha value is -2.82. The highest BCUT2D eigenvalue weighted by Crippen LogP contribution is 2.21. The molecule has 25 heavy (non-hydrogen) atoms. The van der Waals surface area contributed by atoms with Gasteiger partial charge in [-0.2, -0.15) is 0 Å². The number of hydrogen-bond donors (Lipinski definition) is 1. The van der Waals surface area contributed by atoms with Crippen LogP contribution in [0.1, 0.15) is 23.4 Å². The zero-order valence-electron chi connectivity index (χ0n) is 14.7. The zero-order valence-corrected chi connectivity index (χ0v) is 14.7. The third-order valence-corrected chi connectivity index (χ3v) is 4.42. The number of hydrogen-bond acceptors (Lipinski definition) is 3. The summed E-state index contributed by atoms with van der Waals surface area (Å²) in [4.78, 5) is 15.2. The largest absolute Gasteiger partial charge is 0.493 e. The van der Waals surface area contributed by atoms with Gasteiger partial charge in [-0.15, -0.1) is 0 Å². The van der Waals surface area contributed by atoms with E-state index in [2.05, 4.69) is 40.8 Å². The van der Waals surface area contributed by atoms with Crippen molar-refractivity contribution in [1.29, 1.82) is 0 Å². The number of para-hydroxylation sites is 2. The summed E-state index contributed by atoms with van der Waals surface area (Å²) in [6, 6.07) is 14.1. The Balaban J connectivity index is 1.68. The van der Waals surface area contributed by atoms with Crippen molar-refractivity contribution in [3.63, 3.8) is 0 Å². The first-order chi connectivity index (χ1) is 12.2. The SMILES string of the molecule is Cc1cccc(OCCCn2c(CNC=O)nc3ccccc32)c1C. The highest BCUT2D eigenvalue weighted by molar-refractivity contribution is 5.75. The molecule has 0 atom stereocenters. The number of ether oxygens (including phenoxy) is 1. The van der Waals surface area contributed by atoms with Gasteiger partial charge < -0.3 is 14.6 Å². The molecule has 3 aromatic rings.